The van der Waals surface area contributed by atoms with Crippen molar-refractivity contribution in [1.82, 2.24) is 0 Å². The van der Waals surface area contributed by atoms with Crippen LogP contribution in [-0.4, -0.2) is 23.8 Å². The van der Waals surface area contributed by atoms with E-state index in [0.29, 0.717) is 5.56 Å². The van der Waals surface area contributed by atoms with Crippen LogP contribution in [0.15, 0.2) is 36.4 Å². The van der Waals surface area contributed by atoms with Crippen LogP contribution in [0.25, 0.3) is 5.57 Å². The van der Waals surface area contributed by atoms with Crippen LogP contribution in [-0.2, 0) is 14.3 Å². The Labute approximate surface area is 92.1 Å². The number of hydrogen-bond donors (Lipinski definition) is 2. The molecule has 0 saturated carbocycles. The average Bonchev–Trinajstić information content (AvgIpc) is 2.27. The Morgan fingerprint density at radius 1 is 1.31 bits per heavy atom. The first-order chi connectivity index (χ1) is 7.65. The number of rotatable bonds is 4. The molecule has 1 aromatic carbocycles. The lowest BCUT2D eigenvalue weighted by molar-refractivity contribution is -0.137. The Bertz CT molecular complexity index is 411. The van der Waals surface area contributed by atoms with Crippen molar-refractivity contribution in [1.29, 1.82) is 0 Å². The van der Waals surface area contributed by atoms with Gasteiger partial charge in [-0.3, -0.25) is 5.73 Å². The van der Waals surface area contributed by atoms with E-state index in [-0.39, 0.29) is 12.3 Å². The predicted octanol–water partition coefficient (Wildman–Crippen LogP) is 0.614. The first kappa shape index (κ1) is 11.9. The zero-order valence-electron chi connectivity index (χ0n) is 8.42. The summed E-state index contributed by atoms with van der Waals surface area (Å²) >= 11 is 0. The second-order valence-electron chi connectivity index (χ2n) is 2.86. The lowest BCUT2D eigenvalue weighted by Crippen LogP contribution is -2.14. The van der Waals surface area contributed by atoms with Gasteiger partial charge in [0.25, 0.3) is 0 Å². The summed E-state index contributed by atoms with van der Waals surface area (Å²) in [5, 5.41) is 8.65. The lowest BCUT2D eigenvalue weighted by atomic mass is 10.1. The minimum atomic E-state index is -1.21. The molecule has 1 aromatic rings. The van der Waals surface area contributed by atoms with Crippen molar-refractivity contribution < 1.29 is 19.4 Å². The molecule has 0 radical (unpaired) electrons. The van der Waals surface area contributed by atoms with Crippen LogP contribution in [0.3, 0.4) is 0 Å². The number of aliphatic carboxylic acids is 1. The van der Waals surface area contributed by atoms with Crippen LogP contribution < -0.4 is 5.73 Å². The van der Waals surface area contributed by atoms with Crippen molar-refractivity contribution in [3.8, 4) is 0 Å². The molecule has 0 amide bonds. The van der Waals surface area contributed by atoms with Crippen LogP contribution in [0.2, 0.25) is 0 Å². The molecule has 0 atom stereocenters. The van der Waals surface area contributed by atoms with Gasteiger partial charge in [0.2, 0.25) is 0 Å². The van der Waals surface area contributed by atoms with Crippen LogP contribution in [0.1, 0.15) is 5.56 Å². The van der Waals surface area contributed by atoms with Crippen molar-refractivity contribution in [3.05, 3.63) is 42.0 Å². The number of carboxylic acids is 1. The van der Waals surface area contributed by atoms with Gasteiger partial charge in [0.05, 0.1) is 5.57 Å². The summed E-state index contributed by atoms with van der Waals surface area (Å²) in [4.78, 5) is 22.0. The topological polar surface area (TPSA) is 89.6 Å². The molecule has 0 aliphatic heterocycles. The van der Waals surface area contributed by atoms with Crippen molar-refractivity contribution >= 4 is 17.5 Å². The van der Waals surface area contributed by atoms with Gasteiger partial charge in [0.15, 0.2) is 0 Å². The van der Waals surface area contributed by atoms with E-state index in [1.54, 1.807) is 30.3 Å². The first-order valence-electron chi connectivity index (χ1n) is 4.52. The summed E-state index contributed by atoms with van der Waals surface area (Å²) < 4.78 is 4.57. The minimum absolute atomic E-state index is 0.0291. The maximum Gasteiger partial charge on any atom is 0.340 e. The Morgan fingerprint density at radius 3 is 2.44 bits per heavy atom. The molecule has 0 heterocycles. The van der Waals surface area contributed by atoms with E-state index in [0.717, 1.165) is 6.08 Å². The highest BCUT2D eigenvalue weighted by molar-refractivity contribution is 6.20. The van der Waals surface area contributed by atoms with E-state index in [1.165, 1.54) is 0 Å². The molecule has 0 saturated heterocycles. The Balaban J connectivity index is 3.07. The van der Waals surface area contributed by atoms with E-state index in [1.807, 2.05) is 0 Å². The smallest absolute Gasteiger partial charge is 0.340 e. The van der Waals surface area contributed by atoms with Gasteiger partial charge in [-0.05, 0) is 5.56 Å². The molecule has 3 N–H and O–H groups in total. The monoisotopic (exact) mass is 221 g/mol. The van der Waals surface area contributed by atoms with Crippen molar-refractivity contribution in [3.63, 3.8) is 0 Å². The number of hydrogen-bond acceptors (Lipinski definition) is 4. The molecule has 1 rings (SSSR count). The van der Waals surface area contributed by atoms with E-state index in [2.05, 4.69) is 4.74 Å². The fourth-order valence-corrected chi connectivity index (χ4v) is 1.15. The van der Waals surface area contributed by atoms with Crippen LogP contribution in [0, 0.1) is 0 Å². The summed E-state index contributed by atoms with van der Waals surface area (Å²) in [6, 6.07) is 8.39. The van der Waals surface area contributed by atoms with Gasteiger partial charge in [-0.1, -0.05) is 30.3 Å². The van der Waals surface area contributed by atoms with E-state index < -0.39 is 11.9 Å². The van der Waals surface area contributed by atoms with E-state index >= 15 is 0 Å². The van der Waals surface area contributed by atoms with Gasteiger partial charge in [0.1, 0.15) is 6.73 Å². The third-order valence-electron chi connectivity index (χ3n) is 1.79. The molecular weight excluding hydrogens is 210 g/mol. The number of ether oxygens (including phenoxy) is 1. The van der Waals surface area contributed by atoms with Gasteiger partial charge in [-0.25, -0.2) is 9.59 Å². The van der Waals surface area contributed by atoms with Crippen LogP contribution >= 0.6 is 0 Å². The predicted molar refractivity (Wildman–Crippen MR) is 57.2 cm³/mol. The molecule has 0 aromatic heterocycles. The van der Waals surface area contributed by atoms with Gasteiger partial charge in [-0.2, -0.15) is 0 Å². The molecule has 5 nitrogen and oxygen atoms in total. The van der Waals surface area contributed by atoms with Gasteiger partial charge in [-0.15, -0.1) is 0 Å². The van der Waals surface area contributed by atoms with Crippen molar-refractivity contribution in [2.24, 2.45) is 5.73 Å². The number of benzene rings is 1. The second-order valence-corrected chi connectivity index (χ2v) is 2.86. The normalized spacial score (nSPS) is 10.9. The third-order valence-corrected chi connectivity index (χ3v) is 1.79. The summed E-state index contributed by atoms with van der Waals surface area (Å²) in [5.41, 5.74) is 5.50. The number of carbonyl (C=O) groups excluding carboxylic acids is 1. The fraction of sp³-hybridized carbons (Fsp3) is 0.0909. The minimum Gasteiger partial charge on any atom is -0.478 e. The average molecular weight is 221 g/mol. The molecule has 0 aliphatic rings. The zero-order valence-corrected chi connectivity index (χ0v) is 8.42. The summed E-state index contributed by atoms with van der Waals surface area (Å²) in [5.74, 6) is -1.97. The second kappa shape index (κ2) is 5.67. The molecule has 0 aliphatic carbocycles. The maximum atomic E-state index is 11.4. The third kappa shape index (κ3) is 3.21. The highest BCUT2D eigenvalue weighted by Gasteiger charge is 2.14. The largest absolute Gasteiger partial charge is 0.478 e. The van der Waals surface area contributed by atoms with Gasteiger partial charge < -0.3 is 9.84 Å². The quantitative estimate of drug-likeness (QED) is 0.442. The first-order valence-corrected chi connectivity index (χ1v) is 4.52. The van der Waals surface area contributed by atoms with Gasteiger partial charge in [0, 0.05) is 6.08 Å². The number of carboxylic acid groups (broad SMARTS) is 1. The molecular formula is C11H11NO4. The molecule has 0 unspecified atom stereocenters. The molecule has 0 fully saturated rings. The standard InChI is InChI=1S/C11H11NO4/c12-7-16-11(15)9(6-10(13)14)8-4-2-1-3-5-8/h1-6H,7,12H2,(H,13,14)/b9-6+. The highest BCUT2D eigenvalue weighted by atomic mass is 16.5. The molecule has 84 valence electrons. The van der Waals surface area contributed by atoms with Crippen molar-refractivity contribution in [2.75, 3.05) is 6.73 Å². The molecule has 16 heavy (non-hydrogen) atoms. The SMILES string of the molecule is NCOC(=O)/C(=C/C(=O)O)c1ccccc1. The number of carbonyl (C=O) groups is 2. The molecule has 0 spiro atoms. The van der Waals surface area contributed by atoms with Crippen LogP contribution in [0.5, 0.6) is 0 Å². The molecule has 5 heteroatoms. The fourth-order valence-electron chi connectivity index (χ4n) is 1.15. The number of nitrogens with two attached hydrogens (primary N) is 1. The summed E-state index contributed by atoms with van der Waals surface area (Å²) in [7, 11) is 0. The Kier molecular flexibility index (Phi) is 4.23. The van der Waals surface area contributed by atoms with Crippen LogP contribution in [0.4, 0.5) is 0 Å². The summed E-state index contributed by atoms with van der Waals surface area (Å²) in [6.07, 6.45) is 0.799. The highest BCUT2D eigenvalue weighted by Crippen LogP contribution is 2.15. The van der Waals surface area contributed by atoms with Crippen molar-refractivity contribution in [2.45, 2.75) is 0 Å². The zero-order chi connectivity index (χ0) is 12.0. The summed E-state index contributed by atoms with van der Waals surface area (Å²) in [6.45, 7) is -0.289. The van der Waals surface area contributed by atoms with Gasteiger partial charge >= 0.3 is 11.9 Å². The maximum absolute atomic E-state index is 11.4. The molecule has 0 bridgehead atoms. The Hall–Kier alpha value is -2.14. The lowest BCUT2D eigenvalue weighted by Gasteiger charge is -2.05. The van der Waals surface area contributed by atoms with E-state index in [9.17, 15) is 9.59 Å². The number of esters is 1. The van der Waals surface area contributed by atoms with E-state index in [4.69, 9.17) is 10.8 Å². The Morgan fingerprint density at radius 2 is 1.94 bits per heavy atom.